The van der Waals surface area contributed by atoms with E-state index < -0.39 is 5.97 Å². The maximum Gasteiger partial charge on any atom is 0.339 e. The maximum atomic E-state index is 11.4. The zero-order chi connectivity index (χ0) is 12.6. The first-order chi connectivity index (χ1) is 8.06. The predicted octanol–water partition coefficient (Wildman–Crippen LogP) is 1.78. The summed E-state index contributed by atoms with van der Waals surface area (Å²) in [5, 5.41) is 17.5. The van der Waals surface area contributed by atoms with E-state index in [1.165, 1.54) is 0 Å². The van der Waals surface area contributed by atoms with Crippen LogP contribution in [0.1, 0.15) is 41.4 Å². The van der Waals surface area contributed by atoms with Gasteiger partial charge in [0, 0.05) is 12.6 Å². The van der Waals surface area contributed by atoms with Gasteiger partial charge < -0.3 is 10.0 Å². The summed E-state index contributed by atoms with van der Waals surface area (Å²) in [6.07, 6.45) is 2.23. The van der Waals surface area contributed by atoms with Crippen molar-refractivity contribution in [3.05, 3.63) is 16.8 Å². The van der Waals surface area contributed by atoms with Gasteiger partial charge in [0.05, 0.1) is 5.69 Å². The molecule has 1 fully saturated rings. The molecule has 0 spiro atoms. The molecule has 1 aromatic rings. The number of aromatic carboxylic acids is 1. The molecular formula is C12H17N3O2. The van der Waals surface area contributed by atoms with E-state index in [0.29, 0.717) is 28.7 Å². The van der Waals surface area contributed by atoms with Gasteiger partial charge in [0.2, 0.25) is 0 Å². The van der Waals surface area contributed by atoms with Crippen molar-refractivity contribution in [1.82, 2.24) is 10.2 Å². The van der Waals surface area contributed by atoms with Gasteiger partial charge in [0.25, 0.3) is 0 Å². The number of hydrogen-bond acceptors (Lipinski definition) is 4. The number of anilines is 1. The quantitative estimate of drug-likeness (QED) is 0.861. The molecule has 92 valence electrons. The van der Waals surface area contributed by atoms with Crippen molar-refractivity contribution in [2.75, 3.05) is 11.4 Å². The van der Waals surface area contributed by atoms with Crippen LogP contribution in [0.4, 0.5) is 5.82 Å². The Morgan fingerprint density at radius 2 is 2.06 bits per heavy atom. The minimum Gasteiger partial charge on any atom is -0.478 e. The number of hydrogen-bond donors (Lipinski definition) is 1. The standard InChI is InChI=1S/C12H17N3O2/c1-4-15(9-5-6-9)11-10(12(16)17)7(2)8(3)13-14-11/h9H,4-6H2,1-3H3,(H,16,17). The molecule has 17 heavy (non-hydrogen) atoms. The maximum absolute atomic E-state index is 11.4. The third-order valence-corrected chi connectivity index (χ3v) is 3.25. The number of carboxylic acid groups (broad SMARTS) is 1. The van der Waals surface area contributed by atoms with Crippen molar-refractivity contribution >= 4 is 11.8 Å². The Morgan fingerprint density at radius 3 is 2.53 bits per heavy atom. The lowest BCUT2D eigenvalue weighted by atomic mass is 10.1. The molecular weight excluding hydrogens is 218 g/mol. The van der Waals surface area contributed by atoms with Gasteiger partial charge in [0.15, 0.2) is 5.82 Å². The first kappa shape index (κ1) is 11.8. The van der Waals surface area contributed by atoms with E-state index in [1.807, 2.05) is 11.8 Å². The van der Waals surface area contributed by atoms with Crippen molar-refractivity contribution in [1.29, 1.82) is 0 Å². The van der Waals surface area contributed by atoms with Crippen molar-refractivity contribution < 1.29 is 9.90 Å². The number of carboxylic acids is 1. The molecule has 0 bridgehead atoms. The van der Waals surface area contributed by atoms with Crippen LogP contribution in [0.3, 0.4) is 0 Å². The molecule has 0 amide bonds. The summed E-state index contributed by atoms with van der Waals surface area (Å²) in [5.74, 6) is -0.403. The fraction of sp³-hybridized carbons (Fsp3) is 0.583. The molecule has 0 saturated heterocycles. The molecule has 1 N–H and O–H groups in total. The SMILES string of the molecule is CCN(c1nnc(C)c(C)c1C(=O)O)C1CC1. The largest absolute Gasteiger partial charge is 0.478 e. The van der Waals surface area contributed by atoms with Gasteiger partial charge in [-0.3, -0.25) is 0 Å². The van der Waals surface area contributed by atoms with Crippen molar-refractivity contribution in [2.45, 2.75) is 39.7 Å². The van der Waals surface area contributed by atoms with E-state index in [9.17, 15) is 9.90 Å². The minimum absolute atomic E-state index is 0.297. The second-order valence-corrected chi connectivity index (χ2v) is 4.43. The Morgan fingerprint density at radius 1 is 1.41 bits per heavy atom. The third-order valence-electron chi connectivity index (χ3n) is 3.25. The normalized spacial score (nSPS) is 14.8. The minimum atomic E-state index is -0.922. The predicted molar refractivity (Wildman–Crippen MR) is 64.5 cm³/mol. The van der Waals surface area contributed by atoms with Crippen LogP contribution in [-0.2, 0) is 0 Å². The Bertz CT molecular complexity index is 455. The fourth-order valence-electron chi connectivity index (χ4n) is 2.02. The van der Waals surface area contributed by atoms with Crippen LogP contribution < -0.4 is 4.90 Å². The van der Waals surface area contributed by atoms with Crippen LogP contribution >= 0.6 is 0 Å². The van der Waals surface area contributed by atoms with E-state index >= 15 is 0 Å². The molecule has 1 aliphatic carbocycles. The average molecular weight is 235 g/mol. The molecule has 5 nitrogen and oxygen atoms in total. The van der Waals surface area contributed by atoms with Crippen LogP contribution in [0, 0.1) is 13.8 Å². The van der Waals surface area contributed by atoms with Gasteiger partial charge in [-0.2, -0.15) is 5.10 Å². The summed E-state index contributed by atoms with van der Waals surface area (Å²) in [7, 11) is 0. The van der Waals surface area contributed by atoms with Crippen molar-refractivity contribution in [3.8, 4) is 0 Å². The number of aryl methyl sites for hydroxylation is 1. The average Bonchev–Trinajstić information content (AvgIpc) is 3.08. The molecule has 0 aromatic carbocycles. The first-order valence-electron chi connectivity index (χ1n) is 5.90. The number of carbonyl (C=O) groups is 1. The Labute approximate surface area is 100 Å². The van der Waals surface area contributed by atoms with Crippen LogP contribution in [0.25, 0.3) is 0 Å². The van der Waals surface area contributed by atoms with Gasteiger partial charge in [-0.1, -0.05) is 0 Å². The second-order valence-electron chi connectivity index (χ2n) is 4.43. The third kappa shape index (κ3) is 2.09. The fourth-order valence-corrected chi connectivity index (χ4v) is 2.02. The topological polar surface area (TPSA) is 66.3 Å². The highest BCUT2D eigenvalue weighted by atomic mass is 16.4. The highest BCUT2D eigenvalue weighted by Gasteiger charge is 2.32. The van der Waals surface area contributed by atoms with Gasteiger partial charge in [-0.15, -0.1) is 5.10 Å². The zero-order valence-corrected chi connectivity index (χ0v) is 10.4. The van der Waals surface area contributed by atoms with E-state index in [2.05, 4.69) is 10.2 Å². The Hall–Kier alpha value is -1.65. The second kappa shape index (κ2) is 4.31. The van der Waals surface area contributed by atoms with E-state index in [4.69, 9.17) is 0 Å². The lowest BCUT2D eigenvalue weighted by molar-refractivity contribution is 0.0696. The van der Waals surface area contributed by atoms with Gasteiger partial charge >= 0.3 is 5.97 Å². The smallest absolute Gasteiger partial charge is 0.339 e. The molecule has 5 heteroatoms. The number of aromatic nitrogens is 2. The summed E-state index contributed by atoms with van der Waals surface area (Å²) < 4.78 is 0. The first-order valence-corrected chi connectivity index (χ1v) is 5.90. The molecule has 1 saturated carbocycles. The van der Waals surface area contributed by atoms with Gasteiger partial charge in [-0.25, -0.2) is 4.79 Å². The molecule has 2 rings (SSSR count). The molecule has 0 radical (unpaired) electrons. The lowest BCUT2D eigenvalue weighted by Crippen LogP contribution is -2.29. The van der Waals surface area contributed by atoms with Crippen molar-refractivity contribution in [3.63, 3.8) is 0 Å². The Balaban J connectivity index is 2.51. The van der Waals surface area contributed by atoms with Crippen molar-refractivity contribution in [2.24, 2.45) is 0 Å². The summed E-state index contributed by atoms with van der Waals surface area (Å²) in [6, 6.07) is 0.439. The summed E-state index contributed by atoms with van der Waals surface area (Å²) >= 11 is 0. The van der Waals surface area contributed by atoms with Crippen LogP contribution in [-0.4, -0.2) is 33.9 Å². The molecule has 1 aromatic heterocycles. The van der Waals surface area contributed by atoms with E-state index in [-0.39, 0.29) is 0 Å². The molecule has 1 heterocycles. The molecule has 0 unspecified atom stereocenters. The van der Waals surface area contributed by atoms with Gasteiger partial charge in [0.1, 0.15) is 5.56 Å². The van der Waals surface area contributed by atoms with E-state index in [0.717, 1.165) is 19.4 Å². The van der Waals surface area contributed by atoms with Crippen LogP contribution in [0.15, 0.2) is 0 Å². The summed E-state index contributed by atoms with van der Waals surface area (Å²) in [5.41, 5.74) is 1.69. The lowest BCUT2D eigenvalue weighted by Gasteiger charge is -2.23. The number of rotatable bonds is 4. The Kier molecular flexibility index (Phi) is 3.00. The van der Waals surface area contributed by atoms with Crippen LogP contribution in [0.2, 0.25) is 0 Å². The molecule has 0 atom stereocenters. The van der Waals surface area contributed by atoms with Gasteiger partial charge in [-0.05, 0) is 39.2 Å². The van der Waals surface area contributed by atoms with Crippen LogP contribution in [0.5, 0.6) is 0 Å². The highest BCUT2D eigenvalue weighted by Crippen LogP contribution is 2.33. The highest BCUT2D eigenvalue weighted by molar-refractivity contribution is 5.95. The van der Waals surface area contributed by atoms with E-state index in [1.54, 1.807) is 13.8 Å². The molecule has 0 aliphatic heterocycles. The summed E-state index contributed by atoms with van der Waals surface area (Å²) in [4.78, 5) is 13.4. The number of nitrogens with zero attached hydrogens (tertiary/aromatic N) is 3. The molecule has 1 aliphatic rings. The summed E-state index contributed by atoms with van der Waals surface area (Å²) in [6.45, 7) is 6.35. The monoisotopic (exact) mass is 235 g/mol. The zero-order valence-electron chi connectivity index (χ0n) is 10.4.